The van der Waals surface area contributed by atoms with Crippen LogP contribution in [0.1, 0.15) is 22.6 Å². The third-order valence-electron chi connectivity index (χ3n) is 4.77. The minimum Gasteiger partial charge on any atom is -0.416 e. The molecular weight excluding hydrogens is 382 g/mol. The van der Waals surface area contributed by atoms with E-state index in [1.165, 1.54) is 22.9 Å². The average Bonchev–Trinajstić information content (AvgIpc) is 3.17. The van der Waals surface area contributed by atoms with Gasteiger partial charge in [-0.05, 0) is 42.0 Å². The third kappa shape index (κ3) is 4.66. The van der Waals surface area contributed by atoms with Crippen molar-refractivity contribution >= 4 is 34.1 Å². The van der Waals surface area contributed by atoms with Crippen LogP contribution in [0.3, 0.4) is 0 Å². The standard InChI is InChI=1S/C23H21N3O2S/c1-15-10-11-17(12-16(15)2)13-22-25-26-23(28-22)29-14-21(27)24-20-9-5-7-18-6-3-4-8-19(18)20/h3-12H,13-14H2,1-2H3,(H,24,27). The number of nitrogens with one attached hydrogen (secondary N) is 1. The van der Waals surface area contributed by atoms with Gasteiger partial charge in [0.1, 0.15) is 0 Å². The smallest absolute Gasteiger partial charge is 0.277 e. The van der Waals surface area contributed by atoms with Crippen LogP contribution in [0.5, 0.6) is 0 Å². The van der Waals surface area contributed by atoms with E-state index in [-0.39, 0.29) is 11.7 Å². The molecule has 1 amide bonds. The van der Waals surface area contributed by atoms with Crippen LogP contribution >= 0.6 is 11.8 Å². The van der Waals surface area contributed by atoms with Gasteiger partial charge in [-0.3, -0.25) is 4.79 Å². The number of fused-ring (bicyclic) bond motifs is 1. The molecule has 0 radical (unpaired) electrons. The summed E-state index contributed by atoms with van der Waals surface area (Å²) in [5.74, 6) is 0.638. The lowest BCUT2D eigenvalue weighted by Gasteiger charge is -2.07. The Morgan fingerprint density at radius 3 is 2.69 bits per heavy atom. The molecular formula is C23H21N3O2S. The van der Waals surface area contributed by atoms with E-state index in [1.807, 2.05) is 42.5 Å². The van der Waals surface area contributed by atoms with Crippen LogP contribution in [0, 0.1) is 13.8 Å². The Kier molecular flexibility index (Phi) is 5.62. The number of nitrogens with zero attached hydrogens (tertiary/aromatic N) is 2. The van der Waals surface area contributed by atoms with Gasteiger partial charge in [0.2, 0.25) is 11.8 Å². The van der Waals surface area contributed by atoms with Gasteiger partial charge in [0.05, 0.1) is 12.2 Å². The number of aromatic nitrogens is 2. The molecule has 6 heteroatoms. The Labute approximate surface area is 173 Å². The molecule has 0 spiro atoms. The van der Waals surface area contributed by atoms with Crippen molar-refractivity contribution in [1.82, 2.24) is 10.2 Å². The molecule has 0 atom stereocenters. The molecule has 0 aliphatic rings. The fraction of sp³-hybridized carbons (Fsp3) is 0.174. The summed E-state index contributed by atoms with van der Waals surface area (Å²) in [6.45, 7) is 4.17. The zero-order valence-electron chi connectivity index (χ0n) is 16.3. The molecule has 0 unspecified atom stereocenters. The second-order valence-electron chi connectivity index (χ2n) is 6.92. The van der Waals surface area contributed by atoms with Crippen molar-refractivity contribution in [2.45, 2.75) is 25.5 Å². The van der Waals surface area contributed by atoms with E-state index in [0.717, 1.165) is 22.0 Å². The minimum atomic E-state index is -0.111. The van der Waals surface area contributed by atoms with Crippen LogP contribution in [-0.4, -0.2) is 21.9 Å². The summed E-state index contributed by atoms with van der Waals surface area (Å²) in [6.07, 6.45) is 0.580. The first kappa shape index (κ1) is 19.2. The molecule has 5 nitrogen and oxygen atoms in total. The molecule has 4 rings (SSSR count). The first-order chi connectivity index (χ1) is 14.1. The largest absolute Gasteiger partial charge is 0.416 e. The number of benzene rings is 3. The summed E-state index contributed by atoms with van der Waals surface area (Å²) >= 11 is 1.24. The summed E-state index contributed by atoms with van der Waals surface area (Å²) in [5, 5.41) is 13.6. The van der Waals surface area contributed by atoms with E-state index >= 15 is 0 Å². The lowest BCUT2D eigenvalue weighted by molar-refractivity contribution is -0.113. The number of hydrogen-bond donors (Lipinski definition) is 1. The number of thioether (sulfide) groups is 1. The molecule has 0 aliphatic carbocycles. The van der Waals surface area contributed by atoms with Crippen LogP contribution in [-0.2, 0) is 11.2 Å². The van der Waals surface area contributed by atoms with Crippen LogP contribution < -0.4 is 5.32 Å². The van der Waals surface area contributed by atoms with E-state index in [1.54, 1.807) is 0 Å². The Morgan fingerprint density at radius 2 is 1.83 bits per heavy atom. The lowest BCUT2D eigenvalue weighted by Crippen LogP contribution is -2.14. The number of aryl methyl sites for hydroxylation is 2. The summed E-state index contributed by atoms with van der Waals surface area (Å²) < 4.78 is 5.69. The summed E-state index contributed by atoms with van der Waals surface area (Å²) in [6, 6.07) is 20.1. The predicted octanol–water partition coefficient (Wildman–Crippen LogP) is 5.16. The molecule has 3 aromatic carbocycles. The molecule has 1 aromatic heterocycles. The van der Waals surface area contributed by atoms with Gasteiger partial charge in [-0.1, -0.05) is 66.4 Å². The monoisotopic (exact) mass is 403 g/mol. The topological polar surface area (TPSA) is 68.0 Å². The predicted molar refractivity (Wildman–Crippen MR) is 116 cm³/mol. The third-order valence-corrected chi connectivity index (χ3v) is 5.58. The molecule has 0 fully saturated rings. The van der Waals surface area contributed by atoms with Crippen molar-refractivity contribution in [2.75, 3.05) is 11.1 Å². The van der Waals surface area contributed by atoms with Crippen LogP contribution in [0.25, 0.3) is 10.8 Å². The van der Waals surface area contributed by atoms with Gasteiger partial charge in [-0.15, -0.1) is 10.2 Å². The van der Waals surface area contributed by atoms with E-state index in [4.69, 9.17) is 4.42 Å². The highest BCUT2D eigenvalue weighted by atomic mass is 32.2. The van der Waals surface area contributed by atoms with Crippen molar-refractivity contribution in [3.63, 3.8) is 0 Å². The first-order valence-electron chi connectivity index (χ1n) is 9.37. The van der Waals surface area contributed by atoms with Crippen molar-refractivity contribution in [3.8, 4) is 0 Å². The second-order valence-corrected chi connectivity index (χ2v) is 7.85. The van der Waals surface area contributed by atoms with E-state index in [0.29, 0.717) is 17.5 Å². The fourth-order valence-electron chi connectivity index (χ4n) is 3.10. The van der Waals surface area contributed by atoms with Crippen LogP contribution in [0.15, 0.2) is 70.3 Å². The normalized spacial score (nSPS) is 11.0. The molecule has 0 saturated carbocycles. The maximum absolute atomic E-state index is 12.4. The minimum absolute atomic E-state index is 0.111. The van der Waals surface area contributed by atoms with E-state index in [2.05, 4.69) is 47.6 Å². The Hall–Kier alpha value is -3.12. The maximum Gasteiger partial charge on any atom is 0.277 e. The van der Waals surface area contributed by atoms with Crippen molar-refractivity contribution in [3.05, 3.63) is 83.2 Å². The molecule has 0 aliphatic heterocycles. The summed E-state index contributed by atoms with van der Waals surface area (Å²) in [7, 11) is 0. The maximum atomic E-state index is 12.4. The number of rotatable bonds is 6. The van der Waals surface area contributed by atoms with Crippen molar-refractivity contribution in [1.29, 1.82) is 0 Å². The molecule has 1 N–H and O–H groups in total. The summed E-state index contributed by atoms with van der Waals surface area (Å²) in [5.41, 5.74) is 4.42. The zero-order valence-corrected chi connectivity index (χ0v) is 17.1. The number of carbonyl (C=O) groups excluding carboxylic acids is 1. The van der Waals surface area contributed by atoms with Crippen molar-refractivity contribution < 1.29 is 9.21 Å². The van der Waals surface area contributed by atoms with Gasteiger partial charge in [0.25, 0.3) is 5.22 Å². The van der Waals surface area contributed by atoms with Gasteiger partial charge < -0.3 is 9.73 Å². The van der Waals surface area contributed by atoms with Gasteiger partial charge in [0, 0.05) is 11.1 Å². The molecule has 29 heavy (non-hydrogen) atoms. The lowest BCUT2D eigenvalue weighted by atomic mass is 10.0. The molecule has 0 saturated heterocycles. The number of hydrogen-bond acceptors (Lipinski definition) is 5. The number of anilines is 1. The number of amides is 1. The fourth-order valence-corrected chi connectivity index (χ4v) is 3.68. The molecule has 1 heterocycles. The number of carbonyl (C=O) groups is 1. The van der Waals surface area contributed by atoms with E-state index in [9.17, 15) is 4.79 Å². The highest BCUT2D eigenvalue weighted by Crippen LogP contribution is 2.24. The van der Waals surface area contributed by atoms with Crippen LogP contribution in [0.4, 0.5) is 5.69 Å². The van der Waals surface area contributed by atoms with Gasteiger partial charge in [0.15, 0.2) is 0 Å². The second kappa shape index (κ2) is 8.49. The zero-order chi connectivity index (χ0) is 20.2. The highest BCUT2D eigenvalue weighted by Gasteiger charge is 2.12. The van der Waals surface area contributed by atoms with Gasteiger partial charge in [-0.2, -0.15) is 0 Å². The Morgan fingerprint density at radius 1 is 1.00 bits per heavy atom. The first-order valence-corrected chi connectivity index (χ1v) is 10.4. The molecule has 0 bridgehead atoms. The summed E-state index contributed by atoms with van der Waals surface area (Å²) in [4.78, 5) is 12.4. The quantitative estimate of drug-likeness (QED) is 0.450. The van der Waals surface area contributed by atoms with E-state index < -0.39 is 0 Å². The average molecular weight is 404 g/mol. The molecule has 4 aromatic rings. The molecule has 146 valence electrons. The van der Waals surface area contributed by atoms with Gasteiger partial charge >= 0.3 is 0 Å². The van der Waals surface area contributed by atoms with Crippen LogP contribution in [0.2, 0.25) is 0 Å². The van der Waals surface area contributed by atoms with Crippen molar-refractivity contribution in [2.24, 2.45) is 0 Å². The SMILES string of the molecule is Cc1ccc(Cc2nnc(SCC(=O)Nc3cccc4ccccc34)o2)cc1C. The Bertz CT molecular complexity index is 1160. The van der Waals surface area contributed by atoms with Gasteiger partial charge in [-0.25, -0.2) is 0 Å². The Balaban J connectivity index is 1.35. The highest BCUT2D eigenvalue weighted by molar-refractivity contribution is 7.99.